The van der Waals surface area contributed by atoms with Crippen molar-refractivity contribution < 1.29 is 0 Å². The lowest BCUT2D eigenvalue weighted by molar-refractivity contribution is 0.389. The molecule has 2 N–H and O–H groups in total. The Labute approximate surface area is 148 Å². The van der Waals surface area contributed by atoms with Gasteiger partial charge in [-0.25, -0.2) is 0 Å². The van der Waals surface area contributed by atoms with E-state index >= 15 is 0 Å². The van der Waals surface area contributed by atoms with Gasteiger partial charge in [0.25, 0.3) is 0 Å². The van der Waals surface area contributed by atoms with Crippen molar-refractivity contribution in [3.63, 3.8) is 0 Å². The molecule has 0 aromatic heterocycles. The second-order valence-electron chi connectivity index (χ2n) is 6.16. The number of unbranched alkanes of at least 4 members (excludes halogenated alkanes) is 4. The van der Waals surface area contributed by atoms with E-state index in [1.807, 2.05) is 0 Å². The number of nitrogens with zero attached hydrogens (tertiary/aromatic N) is 2. The summed E-state index contributed by atoms with van der Waals surface area (Å²) in [6.45, 7) is 6.33. The maximum Gasteiger partial charge on any atom is 0.191 e. The fourth-order valence-corrected chi connectivity index (χ4v) is 2.15. The summed E-state index contributed by atoms with van der Waals surface area (Å²) in [5.74, 6) is 1.87. The van der Waals surface area contributed by atoms with E-state index in [1.165, 1.54) is 51.5 Å². The Hall–Kier alpha value is -0.0400. The Balaban J connectivity index is 0.00000400. The van der Waals surface area contributed by atoms with E-state index in [0.29, 0.717) is 0 Å². The molecule has 0 aromatic carbocycles. The molecule has 1 rings (SSSR count). The van der Waals surface area contributed by atoms with Gasteiger partial charge < -0.3 is 15.5 Å². The molecule has 0 aliphatic heterocycles. The van der Waals surface area contributed by atoms with E-state index < -0.39 is 0 Å². The lowest BCUT2D eigenvalue weighted by Gasteiger charge is -2.11. The predicted molar refractivity (Wildman–Crippen MR) is 104 cm³/mol. The van der Waals surface area contributed by atoms with Crippen LogP contribution in [0.15, 0.2) is 4.99 Å². The maximum atomic E-state index is 4.63. The molecule has 1 aliphatic carbocycles. The van der Waals surface area contributed by atoms with E-state index in [9.17, 15) is 0 Å². The largest absolute Gasteiger partial charge is 0.357 e. The second-order valence-corrected chi connectivity index (χ2v) is 6.16. The maximum absolute atomic E-state index is 4.63. The lowest BCUT2D eigenvalue weighted by Crippen LogP contribution is -2.37. The summed E-state index contributed by atoms with van der Waals surface area (Å²) < 4.78 is 0. The molecule has 126 valence electrons. The second kappa shape index (κ2) is 13.6. The van der Waals surface area contributed by atoms with E-state index in [1.54, 1.807) is 0 Å². The zero-order chi connectivity index (χ0) is 14.6. The van der Waals surface area contributed by atoms with Crippen LogP contribution in [0, 0.1) is 5.92 Å². The minimum Gasteiger partial charge on any atom is -0.357 e. The molecule has 0 saturated heterocycles. The van der Waals surface area contributed by atoms with Gasteiger partial charge in [-0.2, -0.15) is 0 Å². The molecule has 0 unspecified atom stereocenters. The SMILES string of the molecule is CCNC(=NCC1CC1)NCCCCCCCN(C)C.I. The molecule has 5 heteroatoms. The molecule has 0 spiro atoms. The zero-order valence-electron chi connectivity index (χ0n) is 14.2. The van der Waals surface area contributed by atoms with Gasteiger partial charge >= 0.3 is 0 Å². The molecule has 1 fully saturated rings. The number of aliphatic imine (C=N–C) groups is 1. The summed E-state index contributed by atoms with van der Waals surface area (Å²) in [6.07, 6.45) is 9.34. The van der Waals surface area contributed by atoms with Crippen LogP contribution in [0.25, 0.3) is 0 Å². The number of halogens is 1. The van der Waals surface area contributed by atoms with Crippen molar-refractivity contribution in [2.24, 2.45) is 10.9 Å². The number of rotatable bonds is 11. The third-order valence-electron chi connectivity index (χ3n) is 3.62. The fourth-order valence-electron chi connectivity index (χ4n) is 2.15. The molecule has 0 amide bonds. The summed E-state index contributed by atoms with van der Waals surface area (Å²) in [6, 6.07) is 0. The highest BCUT2D eigenvalue weighted by Crippen LogP contribution is 2.28. The van der Waals surface area contributed by atoms with Crippen LogP contribution in [-0.4, -0.2) is 51.1 Å². The highest BCUT2D eigenvalue weighted by Gasteiger charge is 2.20. The molecule has 0 heterocycles. The normalized spacial score (nSPS) is 15.0. The van der Waals surface area contributed by atoms with E-state index in [4.69, 9.17) is 0 Å². The van der Waals surface area contributed by atoms with Crippen LogP contribution in [0.3, 0.4) is 0 Å². The Morgan fingerprint density at radius 2 is 1.71 bits per heavy atom. The van der Waals surface area contributed by atoms with Gasteiger partial charge in [0.05, 0.1) is 0 Å². The zero-order valence-corrected chi connectivity index (χ0v) is 16.5. The number of hydrogen-bond donors (Lipinski definition) is 2. The third-order valence-corrected chi connectivity index (χ3v) is 3.62. The molecule has 0 atom stereocenters. The van der Waals surface area contributed by atoms with Crippen molar-refractivity contribution in [1.82, 2.24) is 15.5 Å². The van der Waals surface area contributed by atoms with E-state index in [0.717, 1.165) is 31.5 Å². The first-order valence-corrected chi connectivity index (χ1v) is 8.39. The van der Waals surface area contributed by atoms with Crippen LogP contribution in [-0.2, 0) is 0 Å². The van der Waals surface area contributed by atoms with Gasteiger partial charge in [-0.05, 0) is 59.2 Å². The number of hydrogen-bond acceptors (Lipinski definition) is 2. The number of nitrogens with one attached hydrogen (secondary N) is 2. The first-order chi connectivity index (χ1) is 9.72. The van der Waals surface area contributed by atoms with Crippen LogP contribution in [0.2, 0.25) is 0 Å². The van der Waals surface area contributed by atoms with Gasteiger partial charge in [0.1, 0.15) is 0 Å². The highest BCUT2D eigenvalue weighted by molar-refractivity contribution is 14.0. The topological polar surface area (TPSA) is 39.7 Å². The fraction of sp³-hybridized carbons (Fsp3) is 0.938. The highest BCUT2D eigenvalue weighted by atomic mass is 127. The quantitative estimate of drug-likeness (QED) is 0.238. The van der Waals surface area contributed by atoms with Gasteiger partial charge in [0.2, 0.25) is 0 Å². The third kappa shape index (κ3) is 13.4. The smallest absolute Gasteiger partial charge is 0.191 e. The Morgan fingerprint density at radius 1 is 1.05 bits per heavy atom. The van der Waals surface area contributed by atoms with Crippen molar-refractivity contribution in [3.05, 3.63) is 0 Å². The monoisotopic (exact) mass is 410 g/mol. The first-order valence-electron chi connectivity index (χ1n) is 8.39. The average Bonchev–Trinajstić information content (AvgIpc) is 3.22. The Morgan fingerprint density at radius 3 is 2.33 bits per heavy atom. The van der Waals surface area contributed by atoms with Crippen LogP contribution >= 0.6 is 24.0 Å². The predicted octanol–water partition coefficient (Wildman–Crippen LogP) is 3.08. The molecule has 4 nitrogen and oxygen atoms in total. The summed E-state index contributed by atoms with van der Waals surface area (Å²) in [5.41, 5.74) is 0. The van der Waals surface area contributed by atoms with Crippen molar-refractivity contribution in [1.29, 1.82) is 0 Å². The Bertz CT molecular complexity index is 265. The van der Waals surface area contributed by atoms with Gasteiger partial charge in [-0.15, -0.1) is 24.0 Å². The lowest BCUT2D eigenvalue weighted by atomic mass is 10.1. The van der Waals surface area contributed by atoms with Crippen LogP contribution in [0.1, 0.15) is 51.9 Å². The molecule has 21 heavy (non-hydrogen) atoms. The molecule has 0 bridgehead atoms. The van der Waals surface area contributed by atoms with Crippen molar-refractivity contribution in [2.75, 3.05) is 40.3 Å². The minimum absolute atomic E-state index is 0. The standard InChI is InChI=1S/C16H34N4.HI/c1-4-17-16(19-14-15-10-11-15)18-12-8-6-5-7-9-13-20(2)3;/h15H,4-14H2,1-3H3,(H2,17,18,19);1H. The molecule has 1 saturated carbocycles. The summed E-state index contributed by atoms with van der Waals surface area (Å²) in [5, 5.41) is 6.77. The minimum atomic E-state index is 0. The summed E-state index contributed by atoms with van der Waals surface area (Å²) in [4.78, 5) is 6.90. The van der Waals surface area contributed by atoms with Crippen LogP contribution in [0.5, 0.6) is 0 Å². The van der Waals surface area contributed by atoms with Crippen LogP contribution < -0.4 is 10.6 Å². The molecule has 1 aliphatic rings. The van der Waals surface area contributed by atoms with Gasteiger partial charge in [0, 0.05) is 19.6 Å². The summed E-state index contributed by atoms with van der Waals surface area (Å²) >= 11 is 0. The van der Waals surface area contributed by atoms with E-state index in [2.05, 4.69) is 41.5 Å². The number of guanidine groups is 1. The Kier molecular flexibility index (Phi) is 13.6. The first kappa shape index (κ1) is 21.0. The molecular weight excluding hydrogens is 375 g/mol. The van der Waals surface area contributed by atoms with Gasteiger partial charge in [-0.3, -0.25) is 4.99 Å². The van der Waals surface area contributed by atoms with Gasteiger partial charge in [-0.1, -0.05) is 19.3 Å². The van der Waals surface area contributed by atoms with E-state index in [-0.39, 0.29) is 24.0 Å². The van der Waals surface area contributed by atoms with Crippen LogP contribution in [0.4, 0.5) is 0 Å². The molecule has 0 radical (unpaired) electrons. The average molecular weight is 410 g/mol. The van der Waals surface area contributed by atoms with Crippen molar-refractivity contribution in [3.8, 4) is 0 Å². The van der Waals surface area contributed by atoms with Crippen molar-refractivity contribution in [2.45, 2.75) is 51.9 Å². The van der Waals surface area contributed by atoms with Gasteiger partial charge in [0.15, 0.2) is 5.96 Å². The van der Waals surface area contributed by atoms with Crippen molar-refractivity contribution >= 4 is 29.9 Å². The summed E-state index contributed by atoms with van der Waals surface area (Å²) in [7, 11) is 4.29. The molecular formula is C16H35IN4. The molecule has 0 aromatic rings.